The maximum absolute atomic E-state index is 11.7. The fourth-order valence-electron chi connectivity index (χ4n) is 1.74. The minimum Gasteiger partial charge on any atom is -0.321 e. The molecule has 17 heavy (non-hydrogen) atoms. The number of hydrogen-bond acceptors (Lipinski definition) is 6. The van der Waals surface area contributed by atoms with Crippen LogP contribution in [0.2, 0.25) is 0 Å². The molecule has 7 heteroatoms. The van der Waals surface area contributed by atoms with Gasteiger partial charge in [0, 0.05) is 12.6 Å². The van der Waals surface area contributed by atoms with Gasteiger partial charge in [0.1, 0.15) is 5.78 Å². The molecular weight excluding hydrogens is 222 g/mol. The van der Waals surface area contributed by atoms with E-state index in [1.54, 1.807) is 10.9 Å². The van der Waals surface area contributed by atoms with E-state index in [1.807, 2.05) is 0 Å². The Hall–Kier alpha value is -1.60. The molecular formula is C10H15N5O2. The second-order valence-corrected chi connectivity index (χ2v) is 4.25. The first-order valence-electron chi connectivity index (χ1n) is 5.47. The van der Waals surface area contributed by atoms with E-state index in [4.69, 9.17) is 5.73 Å². The third-order valence-electron chi connectivity index (χ3n) is 2.81. The summed E-state index contributed by atoms with van der Waals surface area (Å²) in [7, 11) is 0. The first kappa shape index (κ1) is 11.9. The fraction of sp³-hybridized carbons (Fsp3) is 0.600. The molecule has 2 unspecified atom stereocenters. The Balaban J connectivity index is 2.24. The number of ketones is 2. The van der Waals surface area contributed by atoms with Gasteiger partial charge < -0.3 is 5.73 Å². The van der Waals surface area contributed by atoms with Crippen molar-refractivity contribution in [2.45, 2.75) is 32.0 Å². The molecule has 1 aliphatic rings. The molecule has 2 heterocycles. The molecule has 92 valence electrons. The third-order valence-corrected chi connectivity index (χ3v) is 2.81. The molecule has 0 radical (unpaired) electrons. The van der Waals surface area contributed by atoms with E-state index in [9.17, 15) is 9.59 Å². The first-order chi connectivity index (χ1) is 8.06. The number of hydrogen-bond donors (Lipinski definition) is 2. The Morgan fingerprint density at radius 3 is 3.12 bits per heavy atom. The summed E-state index contributed by atoms with van der Waals surface area (Å²) in [5.74, 6) is -0.156. The molecule has 1 aliphatic heterocycles. The lowest BCUT2D eigenvalue weighted by atomic mass is 10.1. The number of nitrogens with one attached hydrogen (secondary N) is 1. The Bertz CT molecular complexity index is 442. The molecule has 3 N–H and O–H groups in total. The molecule has 0 amide bonds. The Labute approximate surface area is 98.4 Å². The van der Waals surface area contributed by atoms with E-state index in [0.29, 0.717) is 18.7 Å². The highest BCUT2D eigenvalue weighted by Crippen LogP contribution is 2.02. The van der Waals surface area contributed by atoms with Crippen molar-refractivity contribution in [2.75, 3.05) is 6.54 Å². The lowest BCUT2D eigenvalue weighted by molar-refractivity contribution is -0.121. The third kappa shape index (κ3) is 2.75. The van der Waals surface area contributed by atoms with Gasteiger partial charge in [-0.15, -0.1) is 5.10 Å². The van der Waals surface area contributed by atoms with Crippen LogP contribution < -0.4 is 11.1 Å². The number of aromatic nitrogens is 3. The molecule has 0 aliphatic carbocycles. The second-order valence-electron chi connectivity index (χ2n) is 4.25. The highest BCUT2D eigenvalue weighted by atomic mass is 16.1. The maximum Gasteiger partial charge on any atom is 0.163 e. The Morgan fingerprint density at radius 2 is 2.41 bits per heavy atom. The van der Waals surface area contributed by atoms with E-state index >= 15 is 0 Å². The highest BCUT2D eigenvalue weighted by Gasteiger charge is 2.22. The van der Waals surface area contributed by atoms with Crippen LogP contribution in [0.4, 0.5) is 0 Å². The molecule has 0 saturated heterocycles. The van der Waals surface area contributed by atoms with Crippen molar-refractivity contribution in [3.05, 3.63) is 11.9 Å². The predicted molar refractivity (Wildman–Crippen MR) is 59.2 cm³/mol. The number of carbonyl (C=O) groups is 2. The van der Waals surface area contributed by atoms with Gasteiger partial charge in [0.05, 0.1) is 30.9 Å². The quantitative estimate of drug-likeness (QED) is 0.602. The maximum atomic E-state index is 11.7. The van der Waals surface area contributed by atoms with Gasteiger partial charge >= 0.3 is 0 Å². The Kier molecular flexibility index (Phi) is 3.30. The fourth-order valence-corrected chi connectivity index (χ4v) is 1.74. The van der Waals surface area contributed by atoms with Crippen LogP contribution in [-0.2, 0) is 22.6 Å². The number of rotatable bonds is 1. The summed E-state index contributed by atoms with van der Waals surface area (Å²) in [6, 6.07) is -1.03. The average molecular weight is 237 g/mol. The summed E-state index contributed by atoms with van der Waals surface area (Å²) >= 11 is 0. The molecule has 2 atom stereocenters. The zero-order valence-electron chi connectivity index (χ0n) is 9.59. The van der Waals surface area contributed by atoms with Crippen LogP contribution in [-0.4, -0.2) is 45.2 Å². The lowest BCUT2D eigenvalue weighted by Gasteiger charge is -2.17. The Morgan fingerprint density at radius 1 is 1.65 bits per heavy atom. The molecule has 7 nitrogen and oxygen atoms in total. The summed E-state index contributed by atoms with van der Waals surface area (Å²) in [5, 5.41) is 10.7. The van der Waals surface area contributed by atoms with Gasteiger partial charge in [0.2, 0.25) is 0 Å². The van der Waals surface area contributed by atoms with Crippen molar-refractivity contribution < 1.29 is 9.59 Å². The summed E-state index contributed by atoms with van der Waals surface area (Å²) < 4.78 is 1.59. The average Bonchev–Trinajstić information content (AvgIpc) is 2.69. The van der Waals surface area contributed by atoms with Crippen molar-refractivity contribution in [2.24, 2.45) is 5.73 Å². The number of nitrogens with two attached hydrogens (primary N) is 1. The standard InChI is InChI=1S/C10H15N5O2/c1-6(16)9-5-15-4-7(13-14-15)2-8(11)10(17)3-12-9/h4,8-9,12H,2-3,5,11H2,1H3. The predicted octanol–water partition coefficient (Wildman–Crippen LogP) is -1.72. The minimum atomic E-state index is -0.599. The summed E-state index contributed by atoms with van der Waals surface area (Å²) in [6.07, 6.45) is 2.10. The molecule has 0 aromatic carbocycles. The zero-order chi connectivity index (χ0) is 12.4. The van der Waals surface area contributed by atoms with E-state index in [0.717, 1.165) is 0 Å². The van der Waals surface area contributed by atoms with Crippen LogP contribution in [0.3, 0.4) is 0 Å². The van der Waals surface area contributed by atoms with Crippen molar-refractivity contribution >= 4 is 11.6 Å². The zero-order valence-corrected chi connectivity index (χ0v) is 9.59. The van der Waals surface area contributed by atoms with E-state index < -0.39 is 12.1 Å². The molecule has 1 aromatic rings. The van der Waals surface area contributed by atoms with Crippen LogP contribution >= 0.6 is 0 Å². The summed E-state index contributed by atoms with van der Waals surface area (Å²) in [5.41, 5.74) is 6.41. The van der Waals surface area contributed by atoms with Gasteiger partial charge in [-0.2, -0.15) is 0 Å². The van der Waals surface area contributed by atoms with Crippen molar-refractivity contribution in [3.63, 3.8) is 0 Å². The highest BCUT2D eigenvalue weighted by molar-refractivity contribution is 5.87. The first-order valence-corrected chi connectivity index (χ1v) is 5.47. The van der Waals surface area contributed by atoms with Gasteiger partial charge in [-0.05, 0) is 6.92 Å². The number of fused-ring (bicyclic) bond motifs is 2. The molecule has 2 bridgehead atoms. The molecule has 0 spiro atoms. The van der Waals surface area contributed by atoms with Gasteiger partial charge in [-0.25, -0.2) is 0 Å². The van der Waals surface area contributed by atoms with Crippen molar-refractivity contribution in [1.29, 1.82) is 0 Å². The van der Waals surface area contributed by atoms with Crippen LogP contribution in [0.15, 0.2) is 6.20 Å². The lowest BCUT2D eigenvalue weighted by Crippen LogP contribution is -2.46. The van der Waals surface area contributed by atoms with Gasteiger partial charge in [-0.3, -0.25) is 19.6 Å². The van der Waals surface area contributed by atoms with E-state index in [1.165, 1.54) is 6.92 Å². The SMILES string of the molecule is CC(=O)C1Cn2cc(nn2)CC(N)C(=O)CN1. The summed E-state index contributed by atoms with van der Waals surface area (Å²) in [4.78, 5) is 23.1. The second kappa shape index (κ2) is 4.72. The van der Waals surface area contributed by atoms with Gasteiger partial charge in [0.25, 0.3) is 0 Å². The molecule has 0 fully saturated rings. The normalized spacial score (nSPS) is 25.6. The molecule has 2 rings (SSSR count). The summed E-state index contributed by atoms with van der Waals surface area (Å²) in [6.45, 7) is 1.96. The number of nitrogens with zero attached hydrogens (tertiary/aromatic N) is 3. The minimum absolute atomic E-state index is 0.0380. The van der Waals surface area contributed by atoms with Crippen molar-refractivity contribution in [3.8, 4) is 0 Å². The van der Waals surface area contributed by atoms with Crippen molar-refractivity contribution in [1.82, 2.24) is 20.3 Å². The van der Waals surface area contributed by atoms with Crippen LogP contribution in [0.1, 0.15) is 12.6 Å². The van der Waals surface area contributed by atoms with Crippen LogP contribution in [0.5, 0.6) is 0 Å². The monoisotopic (exact) mass is 237 g/mol. The topological polar surface area (TPSA) is 103 Å². The smallest absolute Gasteiger partial charge is 0.163 e. The molecule has 1 aromatic heterocycles. The van der Waals surface area contributed by atoms with Gasteiger partial charge in [0.15, 0.2) is 5.78 Å². The van der Waals surface area contributed by atoms with E-state index in [2.05, 4.69) is 15.6 Å². The van der Waals surface area contributed by atoms with Gasteiger partial charge in [-0.1, -0.05) is 5.21 Å². The number of Topliss-reactive ketones (excluding diaryl/α,β-unsaturated/α-hetero) is 2. The van der Waals surface area contributed by atoms with Crippen LogP contribution in [0.25, 0.3) is 0 Å². The molecule has 0 saturated carbocycles. The van der Waals surface area contributed by atoms with E-state index in [-0.39, 0.29) is 18.1 Å². The largest absolute Gasteiger partial charge is 0.321 e. The number of carbonyl (C=O) groups excluding carboxylic acids is 2. The van der Waals surface area contributed by atoms with Crippen LogP contribution in [0, 0.1) is 0 Å².